The Morgan fingerprint density at radius 1 is 1.33 bits per heavy atom. The molecule has 21 heavy (non-hydrogen) atoms. The molecule has 0 spiro atoms. The minimum atomic E-state index is -4.42. The van der Waals surface area contributed by atoms with Crippen molar-refractivity contribution in [1.29, 1.82) is 0 Å². The van der Waals surface area contributed by atoms with Gasteiger partial charge in [-0.05, 0) is 50.7 Å². The number of likely N-dealkylation sites (tertiary alicyclic amines) is 1. The molecule has 1 fully saturated rings. The van der Waals surface area contributed by atoms with Crippen LogP contribution in [0.2, 0.25) is 0 Å². The Morgan fingerprint density at radius 2 is 1.95 bits per heavy atom. The van der Waals surface area contributed by atoms with Crippen LogP contribution in [0.3, 0.4) is 0 Å². The number of halogens is 3. The molecule has 1 aromatic rings. The van der Waals surface area contributed by atoms with E-state index in [0.29, 0.717) is 13.0 Å². The van der Waals surface area contributed by atoms with Gasteiger partial charge in [0.15, 0.2) is 0 Å². The van der Waals surface area contributed by atoms with E-state index in [4.69, 9.17) is 0 Å². The van der Waals surface area contributed by atoms with Gasteiger partial charge in [0.05, 0.1) is 11.6 Å². The van der Waals surface area contributed by atoms with Gasteiger partial charge in [-0.1, -0.05) is 0 Å². The molecule has 1 saturated heterocycles. The molecule has 1 amide bonds. The highest BCUT2D eigenvalue weighted by Crippen LogP contribution is 2.31. The van der Waals surface area contributed by atoms with Gasteiger partial charge in [0.1, 0.15) is 0 Å². The summed E-state index contributed by atoms with van der Waals surface area (Å²) in [6.07, 6.45) is -3.99. The quantitative estimate of drug-likeness (QED) is 0.911. The Hall–Kier alpha value is -1.76. The smallest absolute Gasteiger partial charge is 0.416 e. The molecule has 0 aromatic heterocycles. The van der Waals surface area contributed by atoms with Crippen molar-refractivity contribution in [2.75, 3.05) is 25.0 Å². The third-order valence-electron chi connectivity index (χ3n) is 3.64. The summed E-state index contributed by atoms with van der Waals surface area (Å²) in [4.78, 5) is 14.7. The molecule has 0 saturated carbocycles. The predicted molar refractivity (Wildman–Crippen MR) is 72.5 cm³/mol. The molecule has 7 heteroatoms. The van der Waals surface area contributed by atoms with E-state index < -0.39 is 17.8 Å². The maximum absolute atomic E-state index is 12.5. The van der Waals surface area contributed by atoms with E-state index >= 15 is 0 Å². The first-order valence-corrected chi connectivity index (χ1v) is 6.67. The number of hydrogen-bond donors (Lipinski definition) is 1. The molecule has 0 bridgehead atoms. The zero-order chi connectivity index (χ0) is 15.6. The first kappa shape index (κ1) is 15.6. The first-order valence-electron chi connectivity index (χ1n) is 6.67. The van der Waals surface area contributed by atoms with Gasteiger partial charge in [-0.25, -0.2) is 4.79 Å². The van der Waals surface area contributed by atoms with Crippen molar-refractivity contribution in [3.8, 4) is 0 Å². The maximum Gasteiger partial charge on any atom is 0.416 e. The van der Waals surface area contributed by atoms with Crippen molar-refractivity contribution < 1.29 is 23.1 Å². The van der Waals surface area contributed by atoms with E-state index in [1.807, 2.05) is 11.9 Å². The van der Waals surface area contributed by atoms with Crippen molar-refractivity contribution in [3.05, 3.63) is 29.8 Å². The maximum atomic E-state index is 12.5. The van der Waals surface area contributed by atoms with Crippen LogP contribution < -0.4 is 4.90 Å². The average Bonchev–Trinajstić information content (AvgIpc) is 2.38. The second kappa shape index (κ2) is 5.93. The van der Waals surface area contributed by atoms with Crippen LogP contribution in [0.1, 0.15) is 18.4 Å². The summed E-state index contributed by atoms with van der Waals surface area (Å²) in [5.41, 5.74) is -0.506. The predicted octanol–water partition coefficient (Wildman–Crippen LogP) is 3.28. The number of benzene rings is 1. The number of carbonyl (C=O) groups is 1. The van der Waals surface area contributed by atoms with Crippen molar-refractivity contribution in [2.45, 2.75) is 25.1 Å². The van der Waals surface area contributed by atoms with Gasteiger partial charge in [0.25, 0.3) is 0 Å². The Balaban J connectivity index is 2.24. The number of carboxylic acid groups (broad SMARTS) is 1. The third-order valence-corrected chi connectivity index (χ3v) is 3.64. The number of piperidine rings is 1. The van der Waals surface area contributed by atoms with Gasteiger partial charge in [0, 0.05) is 12.2 Å². The average molecular weight is 302 g/mol. The van der Waals surface area contributed by atoms with Crippen molar-refractivity contribution in [1.82, 2.24) is 4.90 Å². The highest BCUT2D eigenvalue weighted by atomic mass is 19.4. The van der Waals surface area contributed by atoms with Crippen LogP contribution in [0.4, 0.5) is 23.7 Å². The fourth-order valence-electron chi connectivity index (χ4n) is 2.64. The molecule has 1 aliphatic heterocycles. The lowest BCUT2D eigenvalue weighted by Gasteiger charge is -2.36. The van der Waals surface area contributed by atoms with Gasteiger partial charge in [-0.15, -0.1) is 0 Å². The molecule has 0 radical (unpaired) electrons. The van der Waals surface area contributed by atoms with E-state index in [1.54, 1.807) is 0 Å². The molecule has 1 heterocycles. The monoisotopic (exact) mass is 302 g/mol. The molecule has 1 aromatic carbocycles. The van der Waals surface area contributed by atoms with Crippen LogP contribution in [0.5, 0.6) is 0 Å². The number of anilines is 1. The lowest BCUT2D eigenvalue weighted by Crippen LogP contribution is -2.49. The largest absolute Gasteiger partial charge is 0.465 e. The lowest BCUT2D eigenvalue weighted by atomic mass is 10.0. The summed E-state index contributed by atoms with van der Waals surface area (Å²) < 4.78 is 37.6. The highest BCUT2D eigenvalue weighted by Gasteiger charge is 2.32. The first-order chi connectivity index (χ1) is 9.79. The van der Waals surface area contributed by atoms with Gasteiger partial charge >= 0.3 is 12.3 Å². The number of amides is 1. The molecule has 1 atom stereocenters. The molecule has 0 aliphatic carbocycles. The molecule has 0 unspecified atom stereocenters. The van der Waals surface area contributed by atoms with Crippen molar-refractivity contribution in [2.24, 2.45) is 0 Å². The summed E-state index contributed by atoms with van der Waals surface area (Å²) >= 11 is 0. The van der Waals surface area contributed by atoms with Gasteiger partial charge < -0.3 is 10.0 Å². The minimum Gasteiger partial charge on any atom is -0.465 e. The number of hydrogen-bond acceptors (Lipinski definition) is 2. The van der Waals surface area contributed by atoms with E-state index in [-0.39, 0.29) is 11.7 Å². The van der Waals surface area contributed by atoms with Gasteiger partial charge in [0.2, 0.25) is 0 Å². The number of nitrogens with zero attached hydrogens (tertiary/aromatic N) is 2. The van der Waals surface area contributed by atoms with Crippen molar-refractivity contribution in [3.63, 3.8) is 0 Å². The van der Waals surface area contributed by atoms with E-state index in [1.165, 1.54) is 12.1 Å². The Morgan fingerprint density at radius 3 is 2.43 bits per heavy atom. The Bertz CT molecular complexity index is 502. The fraction of sp³-hybridized carbons (Fsp3) is 0.500. The zero-order valence-corrected chi connectivity index (χ0v) is 11.6. The van der Waals surface area contributed by atoms with Gasteiger partial charge in [-0.3, -0.25) is 4.90 Å². The number of alkyl halides is 3. The van der Waals surface area contributed by atoms with E-state index in [0.717, 1.165) is 30.0 Å². The summed E-state index contributed by atoms with van der Waals surface area (Å²) in [5, 5.41) is 9.38. The molecule has 4 nitrogen and oxygen atoms in total. The molecular weight excluding hydrogens is 285 g/mol. The fourth-order valence-corrected chi connectivity index (χ4v) is 2.64. The highest BCUT2D eigenvalue weighted by molar-refractivity contribution is 5.86. The molecule has 2 rings (SSSR count). The lowest BCUT2D eigenvalue weighted by molar-refractivity contribution is -0.137. The zero-order valence-electron chi connectivity index (χ0n) is 11.6. The van der Waals surface area contributed by atoms with Gasteiger partial charge in [-0.2, -0.15) is 13.2 Å². The van der Waals surface area contributed by atoms with E-state index in [9.17, 15) is 23.1 Å². The second-order valence-corrected chi connectivity index (χ2v) is 5.26. The normalized spacial score (nSPS) is 20.3. The standard InChI is InChI=1S/C14H17F3N2O2/c1-18-8-2-3-12(9-18)19(13(20)21)11-6-4-10(5-7-11)14(15,16)17/h4-7,12H,2-3,8-9H2,1H3,(H,20,21)/t12-/m1/s1. The second-order valence-electron chi connectivity index (χ2n) is 5.26. The Labute approximate surface area is 120 Å². The number of rotatable bonds is 2. The summed E-state index contributed by atoms with van der Waals surface area (Å²) in [6.45, 7) is 1.48. The summed E-state index contributed by atoms with van der Waals surface area (Å²) in [7, 11) is 1.90. The molecule has 1 aliphatic rings. The topological polar surface area (TPSA) is 43.8 Å². The number of likely N-dealkylation sites (N-methyl/N-ethyl adjacent to an activating group) is 1. The summed E-state index contributed by atoms with van der Waals surface area (Å²) in [5.74, 6) is 0. The van der Waals surface area contributed by atoms with E-state index in [2.05, 4.69) is 0 Å². The van der Waals surface area contributed by atoms with Crippen LogP contribution >= 0.6 is 0 Å². The summed E-state index contributed by atoms with van der Waals surface area (Å²) in [6, 6.07) is 4.02. The molecule has 1 N–H and O–H groups in total. The van der Waals surface area contributed by atoms with Crippen LogP contribution in [0, 0.1) is 0 Å². The molecular formula is C14H17F3N2O2. The van der Waals surface area contributed by atoms with Crippen LogP contribution in [0.15, 0.2) is 24.3 Å². The van der Waals surface area contributed by atoms with Crippen LogP contribution in [-0.2, 0) is 6.18 Å². The SMILES string of the molecule is CN1CCC[C@@H](N(C(=O)O)c2ccc(C(F)(F)F)cc2)C1. The molecule has 116 valence electrons. The van der Waals surface area contributed by atoms with Crippen LogP contribution in [0.25, 0.3) is 0 Å². The third kappa shape index (κ3) is 3.66. The van der Waals surface area contributed by atoms with Crippen molar-refractivity contribution >= 4 is 11.8 Å². The minimum absolute atomic E-state index is 0.238. The Kier molecular flexibility index (Phi) is 4.41. The van der Waals surface area contributed by atoms with Crippen LogP contribution in [-0.4, -0.2) is 42.3 Å².